The molecule has 1 saturated heterocycles. The van der Waals surface area contributed by atoms with Gasteiger partial charge in [-0.2, -0.15) is 0 Å². The van der Waals surface area contributed by atoms with Gasteiger partial charge in [-0.15, -0.1) is 0 Å². The smallest absolute Gasteiger partial charge is 0.0333 e. The summed E-state index contributed by atoms with van der Waals surface area (Å²) < 4.78 is 0. The second-order valence-electron chi connectivity index (χ2n) is 6.80. The van der Waals surface area contributed by atoms with Gasteiger partial charge in [-0.05, 0) is 44.6 Å². The first-order valence-corrected chi connectivity index (χ1v) is 7.71. The van der Waals surface area contributed by atoms with Crippen LogP contribution in [0.25, 0.3) is 0 Å². The standard InChI is InChI=1S/C15H31N3/c1-13(2)14-4-6-15(12-16,7-5-14)18-10-8-17(3)9-11-18/h13-14H,4-12,16H2,1-3H3. The van der Waals surface area contributed by atoms with E-state index in [0.29, 0.717) is 5.54 Å². The van der Waals surface area contributed by atoms with Crippen molar-refractivity contribution in [1.29, 1.82) is 0 Å². The molecule has 0 aromatic carbocycles. The zero-order chi connectivity index (χ0) is 13.2. The highest BCUT2D eigenvalue weighted by atomic mass is 15.3. The quantitative estimate of drug-likeness (QED) is 0.832. The van der Waals surface area contributed by atoms with Crippen LogP contribution >= 0.6 is 0 Å². The molecule has 0 amide bonds. The Balaban J connectivity index is 1.95. The van der Waals surface area contributed by atoms with E-state index in [2.05, 4.69) is 30.7 Å². The largest absolute Gasteiger partial charge is 0.329 e. The first-order valence-electron chi connectivity index (χ1n) is 7.71. The number of hydrogen-bond acceptors (Lipinski definition) is 3. The highest BCUT2D eigenvalue weighted by molar-refractivity contribution is 4.97. The first-order chi connectivity index (χ1) is 8.57. The van der Waals surface area contributed by atoms with Crippen molar-refractivity contribution in [2.75, 3.05) is 39.8 Å². The van der Waals surface area contributed by atoms with Crippen LogP contribution in [-0.2, 0) is 0 Å². The lowest BCUT2D eigenvalue weighted by Gasteiger charge is -2.50. The predicted octanol–water partition coefficient (Wildman–Crippen LogP) is 1.78. The third-order valence-electron chi connectivity index (χ3n) is 5.46. The van der Waals surface area contributed by atoms with Crippen molar-refractivity contribution in [2.24, 2.45) is 17.6 Å². The molecule has 2 aliphatic rings. The van der Waals surface area contributed by atoms with Crippen LogP contribution in [0.15, 0.2) is 0 Å². The Morgan fingerprint density at radius 2 is 1.67 bits per heavy atom. The minimum atomic E-state index is 0.326. The maximum atomic E-state index is 6.17. The van der Waals surface area contributed by atoms with Crippen LogP contribution in [0.3, 0.4) is 0 Å². The number of nitrogens with two attached hydrogens (primary N) is 1. The van der Waals surface area contributed by atoms with E-state index in [4.69, 9.17) is 5.73 Å². The summed E-state index contributed by atoms with van der Waals surface area (Å²) in [5.74, 6) is 1.77. The summed E-state index contributed by atoms with van der Waals surface area (Å²) in [6.07, 6.45) is 5.38. The summed E-state index contributed by atoms with van der Waals surface area (Å²) in [5, 5.41) is 0. The van der Waals surface area contributed by atoms with Crippen LogP contribution in [-0.4, -0.2) is 55.1 Å². The molecule has 106 valence electrons. The van der Waals surface area contributed by atoms with E-state index in [9.17, 15) is 0 Å². The van der Waals surface area contributed by atoms with Crippen LogP contribution < -0.4 is 5.73 Å². The molecule has 1 saturated carbocycles. The molecule has 3 heteroatoms. The van der Waals surface area contributed by atoms with E-state index < -0.39 is 0 Å². The predicted molar refractivity (Wildman–Crippen MR) is 77.7 cm³/mol. The van der Waals surface area contributed by atoms with Crippen molar-refractivity contribution in [3.8, 4) is 0 Å². The van der Waals surface area contributed by atoms with Gasteiger partial charge in [0.1, 0.15) is 0 Å². The summed E-state index contributed by atoms with van der Waals surface area (Å²) >= 11 is 0. The molecule has 0 atom stereocenters. The van der Waals surface area contributed by atoms with Crippen LogP contribution in [0, 0.1) is 11.8 Å². The Labute approximate surface area is 113 Å². The molecule has 0 bridgehead atoms. The second kappa shape index (κ2) is 5.89. The second-order valence-corrected chi connectivity index (χ2v) is 6.80. The van der Waals surface area contributed by atoms with Crippen molar-refractivity contribution >= 4 is 0 Å². The molecule has 0 unspecified atom stereocenters. The number of nitrogens with zero attached hydrogens (tertiary/aromatic N) is 2. The molecule has 2 fully saturated rings. The fourth-order valence-corrected chi connectivity index (χ4v) is 3.77. The monoisotopic (exact) mass is 253 g/mol. The third-order valence-corrected chi connectivity index (χ3v) is 5.46. The molecule has 1 aliphatic heterocycles. The van der Waals surface area contributed by atoms with E-state index in [0.717, 1.165) is 18.4 Å². The molecule has 0 aromatic heterocycles. The number of likely N-dealkylation sites (N-methyl/N-ethyl adjacent to an activating group) is 1. The van der Waals surface area contributed by atoms with E-state index in [1.54, 1.807) is 0 Å². The van der Waals surface area contributed by atoms with E-state index >= 15 is 0 Å². The van der Waals surface area contributed by atoms with Crippen LogP contribution in [0.4, 0.5) is 0 Å². The van der Waals surface area contributed by atoms with Crippen molar-refractivity contribution in [3.63, 3.8) is 0 Å². The van der Waals surface area contributed by atoms with Gasteiger partial charge in [0.25, 0.3) is 0 Å². The van der Waals surface area contributed by atoms with Crippen LogP contribution in [0.2, 0.25) is 0 Å². The number of rotatable bonds is 3. The lowest BCUT2D eigenvalue weighted by atomic mass is 9.72. The highest BCUT2D eigenvalue weighted by Crippen LogP contribution is 2.39. The molecule has 1 heterocycles. The molecule has 18 heavy (non-hydrogen) atoms. The SMILES string of the molecule is CC(C)C1CCC(CN)(N2CCN(C)CC2)CC1. The summed E-state index contributed by atoms with van der Waals surface area (Å²) in [7, 11) is 2.22. The summed E-state index contributed by atoms with van der Waals surface area (Å²) in [5.41, 5.74) is 6.50. The third kappa shape index (κ3) is 2.89. The molecule has 0 aromatic rings. The normalized spacial score (nSPS) is 36.2. The fourth-order valence-electron chi connectivity index (χ4n) is 3.77. The zero-order valence-corrected chi connectivity index (χ0v) is 12.5. The van der Waals surface area contributed by atoms with Gasteiger partial charge in [-0.1, -0.05) is 13.8 Å². The minimum Gasteiger partial charge on any atom is -0.329 e. The van der Waals surface area contributed by atoms with Gasteiger partial charge >= 0.3 is 0 Å². The number of hydrogen-bond donors (Lipinski definition) is 1. The summed E-state index contributed by atoms with van der Waals surface area (Å²) in [6.45, 7) is 10.4. The van der Waals surface area contributed by atoms with Crippen LogP contribution in [0.5, 0.6) is 0 Å². The maximum absolute atomic E-state index is 6.17. The van der Waals surface area contributed by atoms with E-state index in [1.807, 2.05) is 0 Å². The Kier molecular flexibility index (Phi) is 4.68. The number of piperazine rings is 1. The maximum Gasteiger partial charge on any atom is 0.0333 e. The molecule has 3 nitrogen and oxygen atoms in total. The fraction of sp³-hybridized carbons (Fsp3) is 1.00. The topological polar surface area (TPSA) is 32.5 Å². The van der Waals surface area contributed by atoms with Gasteiger partial charge in [-0.3, -0.25) is 4.90 Å². The van der Waals surface area contributed by atoms with Gasteiger partial charge in [0.15, 0.2) is 0 Å². The molecule has 0 spiro atoms. The molecule has 0 radical (unpaired) electrons. The van der Waals surface area contributed by atoms with Gasteiger partial charge < -0.3 is 10.6 Å². The van der Waals surface area contributed by atoms with Crippen molar-refractivity contribution < 1.29 is 0 Å². The van der Waals surface area contributed by atoms with Crippen molar-refractivity contribution in [1.82, 2.24) is 9.80 Å². The molecular weight excluding hydrogens is 222 g/mol. The van der Waals surface area contributed by atoms with Crippen LogP contribution in [0.1, 0.15) is 39.5 Å². The van der Waals surface area contributed by atoms with Crippen molar-refractivity contribution in [2.45, 2.75) is 45.1 Å². The van der Waals surface area contributed by atoms with Gasteiger partial charge in [0.2, 0.25) is 0 Å². The molecular formula is C15H31N3. The molecule has 2 rings (SSSR count). The zero-order valence-electron chi connectivity index (χ0n) is 12.5. The summed E-state index contributed by atoms with van der Waals surface area (Å²) in [6, 6.07) is 0. The highest BCUT2D eigenvalue weighted by Gasteiger charge is 2.40. The van der Waals surface area contributed by atoms with E-state index in [-0.39, 0.29) is 0 Å². The van der Waals surface area contributed by atoms with E-state index in [1.165, 1.54) is 51.9 Å². The lowest BCUT2D eigenvalue weighted by Crippen LogP contribution is -2.61. The molecule has 2 N–H and O–H groups in total. The van der Waals surface area contributed by atoms with Gasteiger partial charge in [0.05, 0.1) is 0 Å². The average Bonchev–Trinajstić information content (AvgIpc) is 2.39. The van der Waals surface area contributed by atoms with Crippen molar-refractivity contribution in [3.05, 3.63) is 0 Å². The lowest BCUT2D eigenvalue weighted by molar-refractivity contribution is 0.00439. The summed E-state index contributed by atoms with van der Waals surface area (Å²) in [4.78, 5) is 5.13. The Morgan fingerprint density at radius 1 is 1.11 bits per heavy atom. The first kappa shape index (κ1) is 14.3. The Bertz CT molecular complexity index is 248. The van der Waals surface area contributed by atoms with Gasteiger partial charge in [-0.25, -0.2) is 0 Å². The Morgan fingerprint density at radius 3 is 2.11 bits per heavy atom. The average molecular weight is 253 g/mol. The molecule has 1 aliphatic carbocycles. The Hall–Kier alpha value is -0.120. The minimum absolute atomic E-state index is 0.326. The van der Waals surface area contributed by atoms with Gasteiger partial charge in [0, 0.05) is 38.3 Å².